The van der Waals surface area contributed by atoms with Crippen LogP contribution in [0.25, 0.3) is 0 Å². The maximum absolute atomic E-state index is 12.5. The highest BCUT2D eigenvalue weighted by Gasteiger charge is 2.57. The van der Waals surface area contributed by atoms with E-state index in [0.29, 0.717) is 6.61 Å². The number of carbonyl (C=O) groups is 1. The topological polar surface area (TPSA) is 72.5 Å². The molecule has 0 saturated carbocycles. The molecule has 0 unspecified atom stereocenters. The molecule has 2 rings (SSSR count). The number of hydrogen-bond acceptors (Lipinski definition) is 7. The van der Waals surface area contributed by atoms with Crippen LogP contribution >= 0.6 is 22.6 Å². The molecule has 0 radical (unpaired) electrons. The average Bonchev–Trinajstić information content (AvgIpc) is 2.83. The molecule has 2 heterocycles. The molecule has 0 amide bonds. The van der Waals surface area contributed by atoms with Gasteiger partial charge < -0.3 is 27.5 Å². The lowest BCUT2D eigenvalue weighted by Gasteiger charge is -2.56. The normalized spacial score (nSPS) is 28.6. The molecule has 2 fully saturated rings. The lowest BCUT2D eigenvalue weighted by molar-refractivity contribution is -0.267. The molecule has 2 aliphatic heterocycles. The van der Waals surface area contributed by atoms with Crippen LogP contribution in [0.15, 0.2) is 10.2 Å². The van der Waals surface area contributed by atoms with Gasteiger partial charge in [0, 0.05) is 0 Å². The van der Waals surface area contributed by atoms with E-state index in [1.807, 2.05) is 11.0 Å². The van der Waals surface area contributed by atoms with E-state index in [4.69, 9.17) is 27.5 Å². The highest BCUT2D eigenvalue weighted by Crippen LogP contribution is 2.47. The van der Waals surface area contributed by atoms with Crippen molar-refractivity contribution in [2.45, 2.75) is 186 Å². The van der Waals surface area contributed by atoms with Crippen LogP contribution in [0.1, 0.15) is 88.5 Å². The third kappa shape index (κ3) is 9.96. The molecule has 0 bridgehead atoms. The number of rotatable bonds is 11. The minimum absolute atomic E-state index is 0.0179. The summed E-state index contributed by atoms with van der Waals surface area (Å²) in [7, 11) is -6.80. The molecule has 0 spiro atoms. The van der Waals surface area contributed by atoms with Gasteiger partial charge in [-0.2, -0.15) is 0 Å². The Balaban J connectivity index is 2.72. The first-order valence-corrected chi connectivity index (χ1v) is 26.5. The van der Waals surface area contributed by atoms with E-state index in [-0.39, 0.29) is 64.1 Å². The van der Waals surface area contributed by atoms with E-state index in [2.05, 4.69) is 130 Å². The molecular formula is C33H65IO7Si3. The summed E-state index contributed by atoms with van der Waals surface area (Å²) in [5.74, 6) is -0.225. The van der Waals surface area contributed by atoms with Crippen LogP contribution < -0.4 is 0 Å². The van der Waals surface area contributed by atoms with Crippen LogP contribution in [0.5, 0.6) is 0 Å². The number of fused-ring (bicyclic) bond motifs is 1. The Kier molecular flexibility index (Phi) is 13.7. The van der Waals surface area contributed by atoms with Crippen molar-refractivity contribution in [2.75, 3.05) is 6.61 Å². The van der Waals surface area contributed by atoms with Crippen LogP contribution in [-0.2, 0) is 32.3 Å². The number of carbonyl (C=O) groups excluding carboxylic acids is 1. The van der Waals surface area contributed by atoms with Crippen LogP contribution in [0.2, 0.25) is 54.4 Å². The van der Waals surface area contributed by atoms with Crippen molar-refractivity contribution in [3.05, 3.63) is 10.2 Å². The number of esters is 1. The zero-order chi connectivity index (χ0) is 34.1. The summed E-state index contributed by atoms with van der Waals surface area (Å²) in [4.78, 5) is 12.5. The van der Waals surface area contributed by atoms with Crippen molar-refractivity contribution >= 4 is 53.5 Å². The van der Waals surface area contributed by atoms with Gasteiger partial charge in [-0.15, -0.1) is 0 Å². The minimum Gasteiger partial charge on any atom is -0.466 e. The lowest BCUT2D eigenvalue weighted by Crippen LogP contribution is -2.69. The van der Waals surface area contributed by atoms with E-state index in [1.165, 1.54) is 0 Å². The van der Waals surface area contributed by atoms with Gasteiger partial charge in [-0.1, -0.05) is 84.9 Å². The fourth-order valence-corrected chi connectivity index (χ4v) is 9.17. The van der Waals surface area contributed by atoms with Crippen molar-refractivity contribution < 1.29 is 32.3 Å². The van der Waals surface area contributed by atoms with Gasteiger partial charge in [-0.25, -0.2) is 0 Å². The smallest absolute Gasteiger partial charge is 0.308 e. The number of hydrogen-bond donors (Lipinski definition) is 0. The highest BCUT2D eigenvalue weighted by molar-refractivity contribution is 14.1. The Morgan fingerprint density at radius 2 is 1.32 bits per heavy atom. The van der Waals surface area contributed by atoms with Crippen molar-refractivity contribution in [3.8, 4) is 0 Å². The van der Waals surface area contributed by atoms with Gasteiger partial charge in [0.1, 0.15) is 24.4 Å². The third-order valence-electron chi connectivity index (χ3n) is 10.8. The average molecular weight is 785 g/mol. The third-order valence-corrected chi connectivity index (χ3v) is 24.6. The SMILES string of the molecule is CCOC(=O)C[C@H]1CC[C@@H]2O[C@@H]([C@H](/C=C/I)O[Si](C)(C)C(C)(C)C)[C@@H](O[Si](C)(C)C(C)(C)C)[C@@H](O[Si](C)(C)C(C)(C)C)[C@H]2O1. The summed E-state index contributed by atoms with van der Waals surface area (Å²) in [6.07, 6.45) is 1.63. The molecule has 0 N–H and O–H groups in total. The second-order valence-corrected chi connectivity index (χ2v) is 32.3. The van der Waals surface area contributed by atoms with Crippen LogP contribution in [0.3, 0.4) is 0 Å². The van der Waals surface area contributed by atoms with Crippen molar-refractivity contribution in [1.29, 1.82) is 0 Å². The van der Waals surface area contributed by atoms with Crippen LogP contribution in [0, 0.1) is 0 Å². The van der Waals surface area contributed by atoms with Gasteiger partial charge in [-0.3, -0.25) is 4.79 Å². The Morgan fingerprint density at radius 3 is 1.77 bits per heavy atom. The minimum atomic E-state index is -2.32. The Bertz CT molecular complexity index is 981. The van der Waals surface area contributed by atoms with Crippen LogP contribution in [-0.4, -0.2) is 80.3 Å². The molecule has 2 saturated heterocycles. The fraction of sp³-hybridized carbons (Fsp3) is 0.909. The highest BCUT2D eigenvalue weighted by atomic mass is 127. The van der Waals surface area contributed by atoms with E-state index in [9.17, 15) is 4.79 Å². The molecule has 7 nitrogen and oxygen atoms in total. The summed E-state index contributed by atoms with van der Waals surface area (Å²) in [6.45, 7) is 36.4. The van der Waals surface area contributed by atoms with Gasteiger partial charge in [0.15, 0.2) is 25.0 Å². The summed E-state index contributed by atoms with van der Waals surface area (Å²) in [5.41, 5.74) is 0. The molecule has 0 aromatic carbocycles. The fourth-order valence-electron chi connectivity index (χ4n) is 4.91. The van der Waals surface area contributed by atoms with E-state index >= 15 is 0 Å². The number of halogens is 1. The Hall–Kier alpha value is 0.391. The predicted molar refractivity (Wildman–Crippen MR) is 197 cm³/mol. The first kappa shape index (κ1) is 40.6. The molecular weight excluding hydrogens is 720 g/mol. The summed E-state index contributed by atoms with van der Waals surface area (Å²) in [5, 5.41) is -0.0106. The first-order chi connectivity index (χ1) is 19.8. The predicted octanol–water partition coefficient (Wildman–Crippen LogP) is 9.37. The first-order valence-electron chi connectivity index (χ1n) is 16.5. The molecule has 0 aromatic rings. The molecule has 2 aliphatic rings. The number of ether oxygens (including phenoxy) is 3. The molecule has 44 heavy (non-hydrogen) atoms. The van der Waals surface area contributed by atoms with E-state index in [0.717, 1.165) is 12.8 Å². The van der Waals surface area contributed by atoms with Crippen molar-refractivity contribution in [3.63, 3.8) is 0 Å². The van der Waals surface area contributed by atoms with Crippen LogP contribution in [0.4, 0.5) is 0 Å². The second kappa shape index (κ2) is 14.9. The van der Waals surface area contributed by atoms with Gasteiger partial charge in [0.25, 0.3) is 0 Å². The standard InChI is InChI=1S/C33H65IO7Si3/c1-17-36-26(35)22-23-18-19-24-27(37-23)29(40-43(13,14)32(5,6)7)30(41-44(15,16)33(8,9)10)28(38-24)25(20-21-34)39-42(11,12)31(2,3)4/h20-21,23-25,27-30H,17-19,22H2,1-16H3/b21-20+/t23-,24+,25+,27+,28+,29+,30-/m1/s1. The molecule has 0 aromatic heterocycles. The van der Waals surface area contributed by atoms with Gasteiger partial charge in [0.05, 0.1) is 31.3 Å². The monoisotopic (exact) mass is 784 g/mol. The molecule has 0 aliphatic carbocycles. The summed E-state index contributed by atoms with van der Waals surface area (Å²) < 4.78 is 43.2. The van der Waals surface area contributed by atoms with Gasteiger partial charge in [0.2, 0.25) is 0 Å². The van der Waals surface area contributed by atoms with Gasteiger partial charge >= 0.3 is 5.97 Å². The zero-order valence-corrected chi connectivity index (χ0v) is 35.9. The second-order valence-electron chi connectivity index (χ2n) is 17.3. The Morgan fingerprint density at radius 1 is 0.818 bits per heavy atom. The molecule has 7 atom stereocenters. The van der Waals surface area contributed by atoms with Crippen molar-refractivity contribution in [2.24, 2.45) is 0 Å². The largest absolute Gasteiger partial charge is 0.466 e. The summed E-state index contributed by atoms with van der Waals surface area (Å²) >= 11 is 2.29. The maximum atomic E-state index is 12.5. The zero-order valence-electron chi connectivity index (χ0n) is 30.8. The molecule has 258 valence electrons. The summed E-state index contributed by atoms with van der Waals surface area (Å²) in [6, 6.07) is 0. The van der Waals surface area contributed by atoms with Crippen molar-refractivity contribution in [1.82, 2.24) is 0 Å². The lowest BCUT2D eigenvalue weighted by atomic mass is 9.87. The quantitative estimate of drug-likeness (QED) is 0.118. The van der Waals surface area contributed by atoms with E-state index < -0.39 is 31.1 Å². The Labute approximate surface area is 286 Å². The van der Waals surface area contributed by atoms with E-state index in [1.54, 1.807) is 0 Å². The molecule has 11 heteroatoms. The maximum Gasteiger partial charge on any atom is 0.308 e. The van der Waals surface area contributed by atoms with Gasteiger partial charge in [-0.05, 0) is 84.3 Å².